The number of amides is 2. The van der Waals surface area contributed by atoms with Crippen molar-refractivity contribution in [1.82, 2.24) is 4.90 Å². The van der Waals surface area contributed by atoms with Crippen LogP contribution in [0.3, 0.4) is 0 Å². The van der Waals surface area contributed by atoms with Gasteiger partial charge < -0.3 is 15.0 Å². The molecule has 1 aromatic rings. The van der Waals surface area contributed by atoms with E-state index in [9.17, 15) is 18.0 Å². The summed E-state index contributed by atoms with van der Waals surface area (Å²) in [6.07, 6.45) is -4.81. The predicted octanol–water partition coefficient (Wildman–Crippen LogP) is 4.00. The second-order valence-electron chi connectivity index (χ2n) is 5.28. The molecule has 22 heavy (non-hydrogen) atoms. The minimum atomic E-state index is -4.57. The molecule has 2 amide bonds. The van der Waals surface area contributed by atoms with Crippen LogP contribution in [-0.2, 0) is 10.9 Å². The van der Waals surface area contributed by atoms with E-state index in [1.54, 1.807) is 0 Å². The number of nitrogens with zero attached hydrogens (tertiary/aromatic N) is 1. The van der Waals surface area contributed by atoms with E-state index in [0.29, 0.717) is 13.1 Å². The Hall–Kier alpha value is -1.47. The molecule has 122 valence electrons. The number of carbonyl (C=O) groups excluding carboxylic acids is 1. The molecule has 1 aliphatic rings. The van der Waals surface area contributed by atoms with Crippen molar-refractivity contribution in [3.05, 3.63) is 28.8 Å². The maximum Gasteiger partial charge on any atom is 0.417 e. The van der Waals surface area contributed by atoms with Crippen molar-refractivity contribution in [2.75, 3.05) is 18.4 Å². The third kappa shape index (κ3) is 4.04. The summed E-state index contributed by atoms with van der Waals surface area (Å²) < 4.78 is 43.9. The molecule has 4 nitrogen and oxygen atoms in total. The van der Waals surface area contributed by atoms with Gasteiger partial charge >= 0.3 is 12.2 Å². The molecule has 0 aromatic heterocycles. The lowest BCUT2D eigenvalue weighted by Crippen LogP contribution is -2.49. The Morgan fingerprint density at radius 3 is 2.45 bits per heavy atom. The average Bonchev–Trinajstić information content (AvgIpc) is 2.38. The summed E-state index contributed by atoms with van der Waals surface area (Å²) in [6, 6.07) is 2.82. The Labute approximate surface area is 131 Å². The number of halogens is 4. The van der Waals surface area contributed by atoms with Crippen LogP contribution in [0.5, 0.6) is 0 Å². The number of ether oxygens (including phenoxy) is 1. The van der Waals surface area contributed by atoms with Gasteiger partial charge in [0.1, 0.15) is 0 Å². The van der Waals surface area contributed by atoms with Gasteiger partial charge in [-0.1, -0.05) is 11.6 Å². The molecule has 1 fully saturated rings. The third-order valence-corrected chi connectivity index (χ3v) is 3.56. The first kappa shape index (κ1) is 16.9. The Kier molecular flexibility index (Phi) is 4.87. The number of nitrogens with one attached hydrogen (secondary N) is 1. The van der Waals surface area contributed by atoms with Gasteiger partial charge in [0.2, 0.25) is 0 Å². The number of alkyl halides is 3. The molecular weight excluding hydrogens is 321 g/mol. The summed E-state index contributed by atoms with van der Waals surface area (Å²) in [5.41, 5.74) is -0.927. The molecule has 1 saturated heterocycles. The van der Waals surface area contributed by atoms with Gasteiger partial charge in [0.05, 0.1) is 22.8 Å². The molecule has 2 rings (SSSR count). The third-order valence-electron chi connectivity index (χ3n) is 3.23. The lowest BCUT2D eigenvalue weighted by molar-refractivity contribution is -0.137. The largest absolute Gasteiger partial charge is 0.417 e. The molecule has 2 atom stereocenters. The smallest absolute Gasteiger partial charge is 0.372 e. The highest BCUT2D eigenvalue weighted by atomic mass is 35.5. The second kappa shape index (κ2) is 6.34. The maximum absolute atomic E-state index is 12.8. The topological polar surface area (TPSA) is 41.6 Å². The molecule has 0 radical (unpaired) electrons. The Bertz CT molecular complexity index is 556. The minimum absolute atomic E-state index is 0.0496. The van der Waals surface area contributed by atoms with Crippen LogP contribution in [0, 0.1) is 0 Å². The van der Waals surface area contributed by atoms with E-state index in [1.165, 1.54) is 11.0 Å². The van der Waals surface area contributed by atoms with Crippen molar-refractivity contribution in [3.63, 3.8) is 0 Å². The number of hydrogen-bond donors (Lipinski definition) is 1. The number of carbonyl (C=O) groups is 1. The Morgan fingerprint density at radius 1 is 1.32 bits per heavy atom. The van der Waals surface area contributed by atoms with E-state index in [0.717, 1.165) is 12.1 Å². The van der Waals surface area contributed by atoms with Gasteiger partial charge in [-0.2, -0.15) is 13.2 Å². The molecular formula is C14H16ClF3N2O2. The summed E-state index contributed by atoms with van der Waals surface area (Å²) in [7, 11) is 0. The number of hydrogen-bond acceptors (Lipinski definition) is 2. The zero-order valence-electron chi connectivity index (χ0n) is 12.1. The van der Waals surface area contributed by atoms with Crippen LogP contribution in [0.25, 0.3) is 0 Å². The van der Waals surface area contributed by atoms with E-state index in [1.807, 2.05) is 13.8 Å². The van der Waals surface area contributed by atoms with Gasteiger partial charge in [-0.3, -0.25) is 0 Å². The van der Waals surface area contributed by atoms with Gasteiger partial charge in [-0.05, 0) is 32.0 Å². The fourth-order valence-electron chi connectivity index (χ4n) is 2.37. The van der Waals surface area contributed by atoms with Crippen molar-refractivity contribution in [3.8, 4) is 0 Å². The molecule has 0 unspecified atom stereocenters. The van der Waals surface area contributed by atoms with Crippen molar-refractivity contribution in [2.24, 2.45) is 0 Å². The molecule has 0 aliphatic carbocycles. The quantitative estimate of drug-likeness (QED) is 0.842. The normalized spacial score (nSPS) is 22.5. The monoisotopic (exact) mass is 336 g/mol. The fraction of sp³-hybridized carbons (Fsp3) is 0.500. The lowest BCUT2D eigenvalue weighted by atomic mass is 10.2. The fourth-order valence-corrected chi connectivity index (χ4v) is 2.59. The summed E-state index contributed by atoms with van der Waals surface area (Å²) in [4.78, 5) is 13.7. The van der Waals surface area contributed by atoms with E-state index in [4.69, 9.17) is 16.3 Å². The van der Waals surface area contributed by atoms with Crippen LogP contribution in [0.1, 0.15) is 19.4 Å². The molecule has 0 spiro atoms. The van der Waals surface area contributed by atoms with Crippen LogP contribution < -0.4 is 5.32 Å². The van der Waals surface area contributed by atoms with Gasteiger partial charge in [0.25, 0.3) is 0 Å². The number of benzene rings is 1. The lowest BCUT2D eigenvalue weighted by Gasteiger charge is -2.35. The molecule has 1 heterocycles. The molecule has 0 bridgehead atoms. The highest BCUT2D eigenvalue weighted by Crippen LogP contribution is 2.36. The van der Waals surface area contributed by atoms with Crippen molar-refractivity contribution < 1.29 is 22.7 Å². The van der Waals surface area contributed by atoms with E-state index in [-0.39, 0.29) is 17.9 Å². The number of rotatable bonds is 1. The average molecular weight is 337 g/mol. The Morgan fingerprint density at radius 2 is 1.91 bits per heavy atom. The molecule has 8 heteroatoms. The van der Waals surface area contributed by atoms with Crippen LogP contribution in [-0.4, -0.2) is 36.2 Å². The highest BCUT2D eigenvalue weighted by Gasteiger charge is 2.33. The van der Waals surface area contributed by atoms with Gasteiger partial charge in [0, 0.05) is 18.8 Å². The first-order valence-corrected chi connectivity index (χ1v) is 7.12. The van der Waals surface area contributed by atoms with Crippen LogP contribution in [0.4, 0.5) is 23.7 Å². The highest BCUT2D eigenvalue weighted by molar-refractivity contribution is 6.31. The SMILES string of the molecule is C[C@@H]1CN(C(=O)Nc2ccc(Cl)c(C(F)(F)F)c2)C[C@H](C)O1. The van der Waals surface area contributed by atoms with E-state index >= 15 is 0 Å². The zero-order chi connectivity index (χ0) is 16.5. The van der Waals surface area contributed by atoms with Crippen LogP contribution in [0.2, 0.25) is 5.02 Å². The maximum atomic E-state index is 12.8. The van der Waals surface area contributed by atoms with Crippen LogP contribution in [0.15, 0.2) is 18.2 Å². The zero-order valence-corrected chi connectivity index (χ0v) is 12.8. The van der Waals surface area contributed by atoms with Gasteiger partial charge in [-0.15, -0.1) is 0 Å². The van der Waals surface area contributed by atoms with E-state index in [2.05, 4.69) is 5.32 Å². The number of morpholine rings is 1. The van der Waals surface area contributed by atoms with Crippen LogP contribution >= 0.6 is 11.6 Å². The van der Waals surface area contributed by atoms with Crippen molar-refractivity contribution in [2.45, 2.75) is 32.2 Å². The van der Waals surface area contributed by atoms with Crippen molar-refractivity contribution >= 4 is 23.3 Å². The predicted molar refractivity (Wildman–Crippen MR) is 77.1 cm³/mol. The van der Waals surface area contributed by atoms with Crippen molar-refractivity contribution in [1.29, 1.82) is 0 Å². The molecule has 1 N–H and O–H groups in total. The first-order chi connectivity index (χ1) is 10.2. The second-order valence-corrected chi connectivity index (χ2v) is 5.69. The first-order valence-electron chi connectivity index (χ1n) is 6.75. The van der Waals surface area contributed by atoms with E-state index < -0.39 is 22.8 Å². The standard InChI is InChI=1S/C14H16ClF3N2O2/c1-8-6-20(7-9(2)22-8)13(21)19-10-3-4-12(15)11(5-10)14(16,17)18/h3-5,8-9H,6-7H2,1-2H3,(H,19,21)/t8-,9+. The minimum Gasteiger partial charge on any atom is -0.372 e. The number of anilines is 1. The number of urea groups is 1. The Balaban J connectivity index is 2.12. The van der Waals surface area contributed by atoms with Gasteiger partial charge in [0.15, 0.2) is 0 Å². The summed E-state index contributed by atoms with van der Waals surface area (Å²) >= 11 is 5.54. The van der Waals surface area contributed by atoms with Gasteiger partial charge in [-0.25, -0.2) is 4.79 Å². The molecule has 0 saturated carbocycles. The summed E-state index contributed by atoms with van der Waals surface area (Å²) in [6.45, 7) is 4.44. The summed E-state index contributed by atoms with van der Waals surface area (Å²) in [5.74, 6) is 0. The molecule has 1 aliphatic heterocycles. The molecule has 1 aromatic carbocycles. The summed E-state index contributed by atoms with van der Waals surface area (Å²) in [5, 5.41) is 2.06.